The minimum atomic E-state index is -0.299. The van der Waals surface area contributed by atoms with E-state index in [2.05, 4.69) is 13.0 Å². The minimum absolute atomic E-state index is 0.109. The number of nitrogens with zero attached hydrogens (tertiary/aromatic N) is 2. The largest absolute Gasteiger partial charge is 0.444 e. The predicted molar refractivity (Wildman–Crippen MR) is 79.2 cm³/mol. The topological polar surface area (TPSA) is 49.9 Å². The van der Waals surface area contributed by atoms with Crippen LogP contribution in [0.3, 0.4) is 0 Å². The monoisotopic (exact) mass is 288 g/mol. The Morgan fingerprint density at radius 2 is 2.14 bits per heavy atom. The molecular weight excluding hydrogens is 268 g/mol. The number of benzene rings is 1. The maximum Gasteiger partial charge on any atom is 0.409 e. The van der Waals surface area contributed by atoms with Crippen molar-refractivity contribution in [2.45, 2.75) is 38.3 Å². The number of carbonyl (C=O) groups is 2. The third kappa shape index (κ3) is 2.60. The zero-order valence-corrected chi connectivity index (χ0v) is 12.4. The van der Waals surface area contributed by atoms with Crippen LogP contribution in [-0.4, -0.2) is 42.6 Å². The lowest BCUT2D eigenvalue weighted by atomic mass is 10.1. The molecule has 3 rings (SSSR count). The molecule has 0 aliphatic carbocycles. The summed E-state index contributed by atoms with van der Waals surface area (Å²) in [5, 5.41) is 0. The summed E-state index contributed by atoms with van der Waals surface area (Å²) < 4.78 is 5.20. The van der Waals surface area contributed by atoms with Crippen molar-refractivity contribution in [1.29, 1.82) is 0 Å². The lowest BCUT2D eigenvalue weighted by Gasteiger charge is -2.23. The number of likely N-dealkylation sites (N-methyl/N-ethyl adjacent to an activating group) is 1. The number of hydrogen-bond donors (Lipinski definition) is 0. The average molecular weight is 288 g/mol. The number of carbonyl (C=O) groups excluding carboxylic acids is 2. The standard InChI is InChI=1S/C16H20N2O3/c1-11-9-12-5-3-4-6-14(12)18(11)15(19)8-7-13-10-17(2)16(20)21-13/h3-6,11,13H,7-10H2,1-2H3. The van der Waals surface area contributed by atoms with Crippen molar-refractivity contribution < 1.29 is 14.3 Å². The second-order valence-corrected chi connectivity index (χ2v) is 5.87. The molecule has 2 atom stereocenters. The molecule has 5 nitrogen and oxygen atoms in total. The van der Waals surface area contributed by atoms with Gasteiger partial charge in [0.2, 0.25) is 5.91 Å². The van der Waals surface area contributed by atoms with Gasteiger partial charge in [-0.2, -0.15) is 0 Å². The van der Waals surface area contributed by atoms with Crippen LogP contribution in [0.1, 0.15) is 25.3 Å². The second kappa shape index (κ2) is 5.39. The molecule has 2 aliphatic rings. The van der Waals surface area contributed by atoms with Crippen LogP contribution in [0.25, 0.3) is 0 Å². The Bertz CT molecular complexity index is 572. The molecule has 1 aromatic rings. The van der Waals surface area contributed by atoms with E-state index in [1.54, 1.807) is 11.9 Å². The first-order valence-electron chi connectivity index (χ1n) is 7.38. The molecule has 0 aromatic heterocycles. The normalized spacial score (nSPS) is 24.2. The van der Waals surface area contributed by atoms with Crippen molar-refractivity contribution in [2.24, 2.45) is 0 Å². The van der Waals surface area contributed by atoms with Gasteiger partial charge in [0, 0.05) is 25.2 Å². The molecule has 0 bridgehead atoms. The summed E-state index contributed by atoms with van der Waals surface area (Å²) in [6, 6.07) is 8.24. The van der Waals surface area contributed by atoms with Crippen molar-refractivity contribution in [1.82, 2.24) is 4.90 Å². The Labute approximate surface area is 124 Å². The fraction of sp³-hybridized carbons (Fsp3) is 0.500. The Morgan fingerprint density at radius 1 is 1.38 bits per heavy atom. The number of amides is 2. The summed E-state index contributed by atoms with van der Waals surface area (Å²) in [5.41, 5.74) is 2.25. The Hall–Kier alpha value is -2.04. The minimum Gasteiger partial charge on any atom is -0.444 e. The summed E-state index contributed by atoms with van der Waals surface area (Å²) in [5.74, 6) is 0.109. The van der Waals surface area contributed by atoms with Crippen LogP contribution >= 0.6 is 0 Å². The smallest absolute Gasteiger partial charge is 0.409 e. The van der Waals surface area contributed by atoms with Crippen molar-refractivity contribution in [3.8, 4) is 0 Å². The molecule has 0 spiro atoms. The maximum absolute atomic E-state index is 12.5. The molecular formula is C16H20N2O3. The van der Waals surface area contributed by atoms with E-state index in [-0.39, 0.29) is 24.1 Å². The first-order chi connectivity index (χ1) is 10.1. The highest BCUT2D eigenvalue weighted by molar-refractivity contribution is 5.96. The maximum atomic E-state index is 12.5. The number of cyclic esters (lactones) is 1. The van der Waals surface area contributed by atoms with E-state index in [0.717, 1.165) is 12.1 Å². The summed E-state index contributed by atoms with van der Waals surface area (Å²) in [4.78, 5) is 27.2. The molecule has 2 heterocycles. The van der Waals surface area contributed by atoms with Gasteiger partial charge in [-0.05, 0) is 31.4 Å². The van der Waals surface area contributed by atoms with Gasteiger partial charge in [-0.25, -0.2) is 4.79 Å². The van der Waals surface area contributed by atoms with Gasteiger partial charge in [-0.3, -0.25) is 4.79 Å². The SMILES string of the molecule is CC1Cc2ccccc2N1C(=O)CCC1CN(C)C(=O)O1. The Balaban J connectivity index is 1.62. The van der Waals surface area contributed by atoms with Gasteiger partial charge in [-0.15, -0.1) is 0 Å². The fourth-order valence-electron chi connectivity index (χ4n) is 3.15. The third-order valence-corrected chi connectivity index (χ3v) is 4.21. The van der Waals surface area contributed by atoms with Gasteiger partial charge in [0.25, 0.3) is 0 Å². The van der Waals surface area contributed by atoms with Gasteiger partial charge in [0.05, 0.1) is 6.54 Å². The fourth-order valence-corrected chi connectivity index (χ4v) is 3.15. The zero-order valence-electron chi connectivity index (χ0n) is 12.4. The molecule has 0 saturated carbocycles. The summed E-state index contributed by atoms with van der Waals surface area (Å²) >= 11 is 0. The van der Waals surface area contributed by atoms with Crippen LogP contribution < -0.4 is 4.90 Å². The van der Waals surface area contributed by atoms with Crippen LogP contribution in [0.4, 0.5) is 10.5 Å². The summed E-state index contributed by atoms with van der Waals surface area (Å²) in [7, 11) is 1.71. The molecule has 1 fully saturated rings. The number of fused-ring (bicyclic) bond motifs is 1. The molecule has 21 heavy (non-hydrogen) atoms. The molecule has 0 radical (unpaired) electrons. The van der Waals surface area contributed by atoms with Gasteiger partial charge in [-0.1, -0.05) is 18.2 Å². The highest BCUT2D eigenvalue weighted by Crippen LogP contribution is 2.32. The molecule has 2 unspecified atom stereocenters. The Kier molecular flexibility index (Phi) is 3.57. The highest BCUT2D eigenvalue weighted by atomic mass is 16.6. The molecule has 1 aromatic carbocycles. The molecule has 2 amide bonds. The van der Waals surface area contributed by atoms with Gasteiger partial charge in [0.1, 0.15) is 6.10 Å². The molecule has 1 saturated heterocycles. The van der Waals surface area contributed by atoms with Gasteiger partial charge >= 0.3 is 6.09 Å². The van der Waals surface area contributed by atoms with Crippen LogP contribution in [-0.2, 0) is 16.0 Å². The number of ether oxygens (including phenoxy) is 1. The van der Waals surface area contributed by atoms with E-state index in [9.17, 15) is 9.59 Å². The van der Waals surface area contributed by atoms with Crippen molar-refractivity contribution in [2.75, 3.05) is 18.5 Å². The average Bonchev–Trinajstić information content (AvgIpc) is 2.95. The Morgan fingerprint density at radius 3 is 2.86 bits per heavy atom. The number of para-hydroxylation sites is 1. The van der Waals surface area contributed by atoms with Crippen molar-refractivity contribution in [3.05, 3.63) is 29.8 Å². The van der Waals surface area contributed by atoms with Gasteiger partial charge in [0.15, 0.2) is 0 Å². The van der Waals surface area contributed by atoms with E-state index >= 15 is 0 Å². The predicted octanol–water partition coefficient (Wildman–Crippen LogP) is 2.20. The number of rotatable bonds is 3. The van der Waals surface area contributed by atoms with E-state index in [4.69, 9.17) is 4.74 Å². The van der Waals surface area contributed by atoms with E-state index in [1.807, 2.05) is 23.1 Å². The van der Waals surface area contributed by atoms with E-state index < -0.39 is 0 Å². The van der Waals surface area contributed by atoms with E-state index in [1.165, 1.54) is 5.56 Å². The van der Waals surface area contributed by atoms with Crippen LogP contribution in [0.2, 0.25) is 0 Å². The number of anilines is 1. The third-order valence-electron chi connectivity index (χ3n) is 4.21. The first kappa shape index (κ1) is 13.9. The quantitative estimate of drug-likeness (QED) is 0.856. The van der Waals surface area contributed by atoms with Crippen LogP contribution in [0.15, 0.2) is 24.3 Å². The summed E-state index contributed by atoms with van der Waals surface area (Å²) in [6.07, 6.45) is 1.43. The number of hydrogen-bond acceptors (Lipinski definition) is 3. The molecule has 0 N–H and O–H groups in total. The lowest BCUT2D eigenvalue weighted by Crippen LogP contribution is -2.36. The van der Waals surface area contributed by atoms with E-state index in [0.29, 0.717) is 19.4 Å². The molecule has 5 heteroatoms. The molecule has 112 valence electrons. The van der Waals surface area contributed by atoms with Gasteiger partial charge < -0.3 is 14.5 Å². The highest BCUT2D eigenvalue weighted by Gasteiger charge is 2.32. The first-order valence-corrected chi connectivity index (χ1v) is 7.38. The molecule has 2 aliphatic heterocycles. The van der Waals surface area contributed by atoms with Crippen molar-refractivity contribution in [3.63, 3.8) is 0 Å². The van der Waals surface area contributed by atoms with Crippen LogP contribution in [0.5, 0.6) is 0 Å². The zero-order chi connectivity index (χ0) is 15.0. The summed E-state index contributed by atoms with van der Waals surface area (Å²) in [6.45, 7) is 2.64. The van der Waals surface area contributed by atoms with Crippen molar-refractivity contribution >= 4 is 17.7 Å². The second-order valence-electron chi connectivity index (χ2n) is 5.87. The van der Waals surface area contributed by atoms with Crippen LogP contribution in [0, 0.1) is 0 Å². The lowest BCUT2D eigenvalue weighted by molar-refractivity contribution is -0.119.